The number of hydrogen-bond donors (Lipinski definition) is 1. The molecule has 2 aromatic carbocycles. The van der Waals surface area contributed by atoms with Crippen LogP contribution < -0.4 is 9.47 Å². The number of nitriles is 3. The van der Waals surface area contributed by atoms with Gasteiger partial charge in [0.1, 0.15) is 17.6 Å². The molecule has 4 unspecified atom stereocenters. The summed E-state index contributed by atoms with van der Waals surface area (Å²) < 4.78 is 23.2. The molecule has 0 aliphatic carbocycles. The van der Waals surface area contributed by atoms with Crippen LogP contribution in [0.3, 0.4) is 0 Å². The van der Waals surface area contributed by atoms with Crippen molar-refractivity contribution in [3.05, 3.63) is 59.7 Å². The quantitative estimate of drug-likeness (QED) is 0.783. The van der Waals surface area contributed by atoms with Crippen molar-refractivity contribution < 1.29 is 18.9 Å². The Hall–Kier alpha value is -4.06. The van der Waals surface area contributed by atoms with Crippen LogP contribution in [0.1, 0.15) is 24.2 Å². The molecule has 2 saturated heterocycles. The van der Waals surface area contributed by atoms with E-state index in [0.29, 0.717) is 22.6 Å². The lowest BCUT2D eigenvalue weighted by atomic mass is 9.53. The molecule has 160 valence electrons. The number of fused-ring (bicyclic) bond motifs is 2. The monoisotopic (exact) mass is 428 g/mol. The second kappa shape index (κ2) is 7.27. The van der Waals surface area contributed by atoms with Crippen LogP contribution in [0.15, 0.2) is 48.5 Å². The second-order valence-electron chi connectivity index (χ2n) is 7.74. The van der Waals surface area contributed by atoms with E-state index in [1.54, 1.807) is 49.4 Å². The van der Waals surface area contributed by atoms with Gasteiger partial charge in [-0.3, -0.25) is 5.41 Å². The standard InChI is InChI=1S/C24H20N4O4/c1-15-23(14-27)21(28)32-24(15,16-7-5-4-6-8-16)31-20(22(23,12-25)13-26)18-10-9-17(29-2)11-19(18)30-3/h4-11,15,20,28H,1-3H3. The molecule has 0 spiro atoms. The minimum atomic E-state index is -2.07. The molecular weight excluding hydrogens is 408 g/mol. The zero-order valence-electron chi connectivity index (χ0n) is 17.7. The predicted molar refractivity (Wildman–Crippen MR) is 111 cm³/mol. The molecule has 2 aliphatic heterocycles. The molecule has 2 aromatic rings. The van der Waals surface area contributed by atoms with Gasteiger partial charge in [0, 0.05) is 17.2 Å². The summed E-state index contributed by atoms with van der Waals surface area (Å²) in [5.74, 6) is -2.00. The van der Waals surface area contributed by atoms with E-state index >= 15 is 0 Å². The fourth-order valence-electron chi connectivity index (χ4n) is 4.85. The summed E-state index contributed by atoms with van der Waals surface area (Å²) in [6, 6.07) is 20.0. The van der Waals surface area contributed by atoms with Gasteiger partial charge in [0.25, 0.3) is 0 Å². The lowest BCUT2D eigenvalue weighted by Gasteiger charge is -2.48. The Morgan fingerprint density at radius 2 is 1.66 bits per heavy atom. The highest BCUT2D eigenvalue weighted by Crippen LogP contribution is 2.69. The van der Waals surface area contributed by atoms with Gasteiger partial charge in [-0.15, -0.1) is 0 Å². The van der Waals surface area contributed by atoms with Gasteiger partial charge in [-0.1, -0.05) is 37.3 Å². The molecule has 1 N–H and O–H groups in total. The topological polar surface area (TPSA) is 132 Å². The lowest BCUT2D eigenvalue weighted by Crippen LogP contribution is -2.57. The van der Waals surface area contributed by atoms with Crippen LogP contribution in [-0.2, 0) is 15.3 Å². The molecule has 32 heavy (non-hydrogen) atoms. The maximum absolute atomic E-state index is 10.4. The Bertz CT molecular complexity index is 1200. The summed E-state index contributed by atoms with van der Waals surface area (Å²) in [7, 11) is 2.96. The summed E-state index contributed by atoms with van der Waals surface area (Å²) >= 11 is 0. The van der Waals surface area contributed by atoms with E-state index in [-0.39, 0.29) is 0 Å². The van der Waals surface area contributed by atoms with E-state index < -0.39 is 34.5 Å². The molecule has 8 nitrogen and oxygen atoms in total. The summed E-state index contributed by atoms with van der Waals surface area (Å²) in [5, 5.41) is 39.6. The van der Waals surface area contributed by atoms with Gasteiger partial charge in [-0.05, 0) is 12.1 Å². The van der Waals surface area contributed by atoms with Gasteiger partial charge in [0.2, 0.25) is 17.1 Å². The Morgan fingerprint density at radius 3 is 2.22 bits per heavy atom. The summed E-state index contributed by atoms with van der Waals surface area (Å²) in [6.07, 6.45) is -1.25. The SMILES string of the molecule is COc1ccc(C2OC3(c4ccccc4)OC(=N)C(C#N)(C3C)C2(C#N)C#N)c(OC)c1. The first-order valence-electron chi connectivity index (χ1n) is 9.87. The number of nitrogens with one attached hydrogen (secondary N) is 1. The van der Waals surface area contributed by atoms with Crippen LogP contribution in [0.5, 0.6) is 11.5 Å². The smallest absolute Gasteiger partial charge is 0.244 e. The van der Waals surface area contributed by atoms with Crippen molar-refractivity contribution in [3.63, 3.8) is 0 Å². The molecule has 8 heteroatoms. The van der Waals surface area contributed by atoms with Crippen molar-refractivity contribution in [2.24, 2.45) is 16.7 Å². The van der Waals surface area contributed by atoms with Crippen LogP contribution in [0.2, 0.25) is 0 Å². The third-order valence-electron chi connectivity index (χ3n) is 6.57. The second-order valence-corrected chi connectivity index (χ2v) is 7.74. The van der Waals surface area contributed by atoms with Crippen molar-refractivity contribution in [2.45, 2.75) is 18.8 Å². The van der Waals surface area contributed by atoms with Crippen molar-refractivity contribution >= 4 is 5.90 Å². The maximum atomic E-state index is 10.4. The number of benzene rings is 2. The molecule has 2 fully saturated rings. The number of ether oxygens (including phenoxy) is 4. The molecule has 2 bridgehead atoms. The lowest BCUT2D eigenvalue weighted by molar-refractivity contribution is -0.288. The highest BCUT2D eigenvalue weighted by Gasteiger charge is 2.80. The third-order valence-corrected chi connectivity index (χ3v) is 6.57. The first-order chi connectivity index (χ1) is 15.4. The van der Waals surface area contributed by atoms with Gasteiger partial charge < -0.3 is 18.9 Å². The molecule has 4 atom stereocenters. The van der Waals surface area contributed by atoms with Gasteiger partial charge >= 0.3 is 0 Å². The summed E-state index contributed by atoms with van der Waals surface area (Å²) in [4.78, 5) is 0. The van der Waals surface area contributed by atoms with Crippen molar-refractivity contribution in [2.75, 3.05) is 14.2 Å². The predicted octanol–water partition coefficient (Wildman–Crippen LogP) is 3.82. The average Bonchev–Trinajstić information content (AvgIpc) is 3.00. The van der Waals surface area contributed by atoms with Crippen molar-refractivity contribution in [1.29, 1.82) is 21.2 Å². The van der Waals surface area contributed by atoms with Crippen molar-refractivity contribution in [1.82, 2.24) is 0 Å². The van der Waals surface area contributed by atoms with Gasteiger partial charge in [-0.2, -0.15) is 15.8 Å². The molecule has 0 aromatic heterocycles. The number of rotatable bonds is 4. The van der Waals surface area contributed by atoms with Gasteiger partial charge in [0.05, 0.1) is 38.3 Å². The molecule has 0 radical (unpaired) electrons. The number of methoxy groups -OCH3 is 2. The number of hydrogen-bond acceptors (Lipinski definition) is 8. The first-order valence-corrected chi connectivity index (χ1v) is 9.87. The Balaban J connectivity index is 2.05. The minimum Gasteiger partial charge on any atom is -0.497 e. The van der Waals surface area contributed by atoms with Gasteiger partial charge in [-0.25, -0.2) is 0 Å². The average molecular weight is 428 g/mol. The molecule has 4 rings (SSSR count). The van der Waals surface area contributed by atoms with Crippen molar-refractivity contribution in [3.8, 4) is 29.7 Å². The first kappa shape index (κ1) is 21.2. The summed E-state index contributed by atoms with van der Waals surface area (Å²) in [5.41, 5.74) is -2.99. The maximum Gasteiger partial charge on any atom is 0.244 e. The van der Waals surface area contributed by atoms with Crippen LogP contribution >= 0.6 is 0 Å². The third kappa shape index (κ3) is 2.35. The fourth-order valence-corrected chi connectivity index (χ4v) is 4.85. The van der Waals surface area contributed by atoms with Crippen LogP contribution in [0, 0.1) is 56.2 Å². The summed E-state index contributed by atoms with van der Waals surface area (Å²) in [6.45, 7) is 1.67. The molecule has 0 saturated carbocycles. The van der Waals surface area contributed by atoms with E-state index in [1.165, 1.54) is 14.2 Å². The van der Waals surface area contributed by atoms with E-state index in [4.69, 9.17) is 24.4 Å². The Labute approximate surface area is 185 Å². The van der Waals surface area contributed by atoms with E-state index in [9.17, 15) is 15.8 Å². The minimum absolute atomic E-state index is 0.320. The van der Waals surface area contributed by atoms with Crippen LogP contribution in [0.25, 0.3) is 0 Å². The fraction of sp³-hybridized carbons (Fsp3) is 0.333. The van der Waals surface area contributed by atoms with E-state index in [0.717, 1.165) is 0 Å². The highest BCUT2D eigenvalue weighted by molar-refractivity contribution is 5.89. The zero-order chi connectivity index (χ0) is 23.1. The molecule has 2 heterocycles. The zero-order valence-corrected chi connectivity index (χ0v) is 17.7. The van der Waals surface area contributed by atoms with Crippen LogP contribution in [-0.4, -0.2) is 20.1 Å². The molecule has 2 aliphatic rings. The van der Waals surface area contributed by atoms with Crippen LogP contribution in [0.4, 0.5) is 0 Å². The molecule has 0 amide bonds. The van der Waals surface area contributed by atoms with E-state index in [2.05, 4.69) is 6.07 Å². The highest BCUT2D eigenvalue weighted by atomic mass is 16.7. The van der Waals surface area contributed by atoms with Gasteiger partial charge in [0.15, 0.2) is 5.41 Å². The normalized spacial score (nSPS) is 29.7. The Kier molecular flexibility index (Phi) is 4.81. The molecular formula is C24H20N4O4. The number of nitrogens with zero attached hydrogens (tertiary/aromatic N) is 3. The van der Waals surface area contributed by atoms with E-state index in [1.807, 2.05) is 18.2 Å². The Morgan fingerprint density at radius 1 is 0.969 bits per heavy atom. The largest absolute Gasteiger partial charge is 0.497 e.